The Kier molecular flexibility index (Phi) is 5.45. The van der Waals surface area contributed by atoms with Crippen molar-refractivity contribution in [1.82, 2.24) is 19.9 Å². The highest BCUT2D eigenvalue weighted by Gasteiger charge is 2.16. The average molecular weight is 473 g/mol. The standard InChI is InChI=1S/C21H15BrF2N4O2/c1-11-6-15(23)16(25-8-11)10-30-13-3-4-14(17(29)7-13)19-20(22)28-21(27-19)12-2-5-18(24)26-9-12/h2-9,29H,10H2,1H3,(H,27,28). The van der Waals surface area contributed by atoms with Crippen LogP contribution in [0.3, 0.4) is 0 Å². The normalized spacial score (nSPS) is 10.9. The molecule has 0 radical (unpaired) electrons. The molecule has 0 atom stereocenters. The van der Waals surface area contributed by atoms with E-state index >= 15 is 0 Å². The topological polar surface area (TPSA) is 83.9 Å². The van der Waals surface area contributed by atoms with Crippen LogP contribution < -0.4 is 4.74 Å². The third-order valence-electron chi connectivity index (χ3n) is 4.31. The van der Waals surface area contributed by atoms with Gasteiger partial charge in [0.05, 0.1) is 0 Å². The molecule has 0 saturated carbocycles. The first-order chi connectivity index (χ1) is 14.4. The lowest BCUT2D eigenvalue weighted by atomic mass is 10.1. The van der Waals surface area contributed by atoms with Crippen LogP contribution in [0.5, 0.6) is 11.5 Å². The van der Waals surface area contributed by atoms with Gasteiger partial charge in [0.25, 0.3) is 0 Å². The van der Waals surface area contributed by atoms with Crippen molar-refractivity contribution in [3.63, 3.8) is 0 Å². The highest BCUT2D eigenvalue weighted by atomic mass is 79.9. The van der Waals surface area contributed by atoms with Crippen molar-refractivity contribution < 1.29 is 18.6 Å². The Morgan fingerprint density at radius 3 is 2.63 bits per heavy atom. The van der Waals surface area contributed by atoms with Gasteiger partial charge in [-0.05, 0) is 58.7 Å². The van der Waals surface area contributed by atoms with E-state index < -0.39 is 11.8 Å². The number of pyridine rings is 2. The van der Waals surface area contributed by atoms with Gasteiger partial charge in [-0.3, -0.25) is 4.98 Å². The number of aromatic amines is 1. The van der Waals surface area contributed by atoms with E-state index in [9.17, 15) is 13.9 Å². The van der Waals surface area contributed by atoms with Crippen molar-refractivity contribution in [1.29, 1.82) is 0 Å². The molecule has 0 fully saturated rings. The second-order valence-electron chi connectivity index (χ2n) is 6.53. The van der Waals surface area contributed by atoms with E-state index in [0.717, 1.165) is 5.56 Å². The smallest absolute Gasteiger partial charge is 0.212 e. The molecule has 4 aromatic rings. The van der Waals surface area contributed by atoms with E-state index in [1.807, 2.05) is 0 Å². The summed E-state index contributed by atoms with van der Waals surface area (Å²) in [6, 6.07) is 8.86. The van der Waals surface area contributed by atoms with Crippen LogP contribution in [0, 0.1) is 18.7 Å². The van der Waals surface area contributed by atoms with Gasteiger partial charge in [0.1, 0.15) is 45.7 Å². The van der Waals surface area contributed by atoms with Crippen LogP contribution in [0.4, 0.5) is 8.78 Å². The molecule has 0 aliphatic heterocycles. The lowest BCUT2D eigenvalue weighted by Gasteiger charge is -2.09. The fourth-order valence-electron chi connectivity index (χ4n) is 2.80. The van der Waals surface area contributed by atoms with Gasteiger partial charge in [-0.15, -0.1) is 0 Å². The predicted molar refractivity (Wildman–Crippen MR) is 110 cm³/mol. The van der Waals surface area contributed by atoms with E-state index in [1.165, 1.54) is 24.4 Å². The predicted octanol–water partition coefficient (Wildman–Crippen LogP) is 5.17. The number of aryl methyl sites for hydroxylation is 1. The number of benzene rings is 1. The summed E-state index contributed by atoms with van der Waals surface area (Å²) in [4.78, 5) is 15.1. The molecule has 3 aromatic heterocycles. The first-order valence-corrected chi connectivity index (χ1v) is 9.64. The number of nitrogens with zero attached hydrogens (tertiary/aromatic N) is 3. The van der Waals surface area contributed by atoms with Crippen LogP contribution in [-0.4, -0.2) is 25.0 Å². The van der Waals surface area contributed by atoms with Crippen molar-refractivity contribution >= 4 is 15.9 Å². The van der Waals surface area contributed by atoms with Gasteiger partial charge < -0.3 is 14.8 Å². The number of halogens is 3. The molecule has 0 unspecified atom stereocenters. The maximum atomic E-state index is 13.9. The monoisotopic (exact) mass is 472 g/mol. The summed E-state index contributed by atoms with van der Waals surface area (Å²) in [5, 5.41) is 10.5. The van der Waals surface area contributed by atoms with Crippen molar-refractivity contribution in [2.75, 3.05) is 0 Å². The van der Waals surface area contributed by atoms with Crippen LogP contribution >= 0.6 is 15.9 Å². The quantitative estimate of drug-likeness (QED) is 0.391. The molecule has 1 aromatic carbocycles. The number of ether oxygens (including phenoxy) is 1. The zero-order valence-electron chi connectivity index (χ0n) is 15.7. The van der Waals surface area contributed by atoms with Crippen LogP contribution in [0.2, 0.25) is 0 Å². The molecular weight excluding hydrogens is 458 g/mol. The molecule has 2 N–H and O–H groups in total. The van der Waals surface area contributed by atoms with Crippen LogP contribution in [0.25, 0.3) is 22.6 Å². The molecule has 0 aliphatic carbocycles. The summed E-state index contributed by atoms with van der Waals surface area (Å²) in [6.45, 7) is 1.68. The third-order valence-corrected chi connectivity index (χ3v) is 4.89. The molecule has 0 amide bonds. The zero-order valence-corrected chi connectivity index (χ0v) is 17.2. The average Bonchev–Trinajstić information content (AvgIpc) is 3.09. The van der Waals surface area contributed by atoms with Crippen molar-refractivity contribution in [3.05, 3.63) is 76.4 Å². The molecule has 0 bridgehead atoms. The Balaban J connectivity index is 1.55. The fraction of sp³-hybridized carbons (Fsp3) is 0.0952. The zero-order chi connectivity index (χ0) is 21.3. The lowest BCUT2D eigenvalue weighted by Crippen LogP contribution is -2.02. The molecule has 30 heavy (non-hydrogen) atoms. The number of aromatic nitrogens is 4. The second kappa shape index (κ2) is 8.19. The minimum absolute atomic E-state index is 0.0687. The van der Waals surface area contributed by atoms with E-state index in [-0.39, 0.29) is 18.1 Å². The van der Waals surface area contributed by atoms with E-state index in [1.54, 1.807) is 31.3 Å². The van der Waals surface area contributed by atoms with Gasteiger partial charge in [0.2, 0.25) is 5.95 Å². The van der Waals surface area contributed by atoms with Gasteiger partial charge in [0.15, 0.2) is 0 Å². The van der Waals surface area contributed by atoms with E-state index in [4.69, 9.17) is 4.74 Å². The Hall–Kier alpha value is -3.33. The lowest BCUT2D eigenvalue weighted by molar-refractivity contribution is 0.292. The number of H-pyrrole nitrogens is 1. The van der Waals surface area contributed by atoms with Crippen LogP contribution in [0.15, 0.2) is 53.4 Å². The molecule has 0 saturated heterocycles. The van der Waals surface area contributed by atoms with E-state index in [0.29, 0.717) is 33.0 Å². The number of aromatic hydroxyl groups is 1. The largest absolute Gasteiger partial charge is 0.507 e. The third kappa shape index (κ3) is 4.16. The van der Waals surface area contributed by atoms with E-state index in [2.05, 4.69) is 35.9 Å². The summed E-state index contributed by atoms with van der Waals surface area (Å²) >= 11 is 3.39. The molecular formula is C21H15BrF2N4O2. The highest BCUT2D eigenvalue weighted by Crippen LogP contribution is 2.36. The maximum Gasteiger partial charge on any atom is 0.212 e. The second-order valence-corrected chi connectivity index (χ2v) is 7.32. The number of phenolic OH excluding ortho intramolecular Hbond substituents is 1. The number of imidazole rings is 1. The van der Waals surface area contributed by atoms with Gasteiger partial charge >= 0.3 is 0 Å². The Morgan fingerprint density at radius 2 is 1.93 bits per heavy atom. The molecule has 4 rings (SSSR count). The number of nitrogens with one attached hydrogen (secondary N) is 1. The van der Waals surface area contributed by atoms with Crippen molar-refractivity contribution in [2.45, 2.75) is 13.5 Å². The number of hydrogen-bond donors (Lipinski definition) is 2. The van der Waals surface area contributed by atoms with Crippen molar-refractivity contribution in [3.8, 4) is 34.1 Å². The van der Waals surface area contributed by atoms with Gasteiger partial charge in [-0.25, -0.2) is 14.4 Å². The van der Waals surface area contributed by atoms with Gasteiger partial charge in [-0.1, -0.05) is 0 Å². The van der Waals surface area contributed by atoms with Gasteiger partial charge in [0, 0.05) is 29.6 Å². The molecule has 0 spiro atoms. The Morgan fingerprint density at radius 1 is 1.10 bits per heavy atom. The molecule has 6 nitrogen and oxygen atoms in total. The molecule has 3 heterocycles. The SMILES string of the molecule is Cc1cnc(COc2ccc(-c3nc(-c4ccc(F)nc4)[nH]c3Br)c(O)c2)c(F)c1. The molecule has 152 valence electrons. The fourth-order valence-corrected chi connectivity index (χ4v) is 3.29. The summed E-state index contributed by atoms with van der Waals surface area (Å²) < 4.78 is 33.0. The summed E-state index contributed by atoms with van der Waals surface area (Å²) in [5.74, 6) is -0.281. The number of hydrogen-bond acceptors (Lipinski definition) is 5. The van der Waals surface area contributed by atoms with Crippen molar-refractivity contribution in [2.24, 2.45) is 0 Å². The minimum Gasteiger partial charge on any atom is -0.507 e. The minimum atomic E-state index is -0.585. The first-order valence-electron chi connectivity index (χ1n) is 8.85. The highest BCUT2D eigenvalue weighted by molar-refractivity contribution is 9.10. The number of rotatable bonds is 5. The van der Waals surface area contributed by atoms with Gasteiger partial charge in [-0.2, -0.15) is 4.39 Å². The Bertz CT molecular complexity index is 1210. The molecule has 0 aliphatic rings. The van der Waals surface area contributed by atoms with Crippen LogP contribution in [0.1, 0.15) is 11.3 Å². The Labute approximate surface area is 178 Å². The first kappa shape index (κ1) is 20.0. The summed E-state index contributed by atoms with van der Waals surface area (Å²) in [5.41, 5.74) is 2.40. The summed E-state index contributed by atoms with van der Waals surface area (Å²) in [6.07, 6.45) is 2.92. The molecule has 9 heteroatoms. The number of phenols is 1. The maximum absolute atomic E-state index is 13.9. The summed E-state index contributed by atoms with van der Waals surface area (Å²) in [7, 11) is 0. The van der Waals surface area contributed by atoms with Crippen LogP contribution in [-0.2, 0) is 6.61 Å².